The molecule has 0 aliphatic heterocycles. The van der Waals surface area contributed by atoms with E-state index < -0.39 is 0 Å². The number of hydrogen-bond acceptors (Lipinski definition) is 3. The average Bonchev–Trinajstić information content (AvgIpc) is 2.46. The van der Waals surface area contributed by atoms with E-state index in [0.29, 0.717) is 11.6 Å². The van der Waals surface area contributed by atoms with Crippen LogP contribution in [0.15, 0.2) is 36.5 Å². The van der Waals surface area contributed by atoms with Gasteiger partial charge in [0.2, 0.25) is 0 Å². The van der Waals surface area contributed by atoms with Crippen LogP contribution >= 0.6 is 11.6 Å². The van der Waals surface area contributed by atoms with Crippen LogP contribution in [-0.4, -0.2) is 11.5 Å². The third-order valence-corrected chi connectivity index (χ3v) is 3.16. The number of nitrogens with one attached hydrogen (secondary N) is 1. The van der Waals surface area contributed by atoms with Crippen LogP contribution in [0.25, 0.3) is 0 Å². The molecule has 1 N–H and O–H groups in total. The largest absolute Gasteiger partial charge is 0.489 e. The normalized spacial score (nSPS) is 10.3. The van der Waals surface area contributed by atoms with E-state index in [0.717, 1.165) is 35.7 Å². The maximum atomic E-state index is 5.98. The molecular weight excluding hydrogens is 272 g/mol. The Balaban J connectivity index is 2.01. The molecule has 0 fully saturated rings. The molecule has 1 aromatic carbocycles. The number of anilines is 1. The highest BCUT2D eigenvalue weighted by Crippen LogP contribution is 2.23. The second-order valence-electron chi connectivity index (χ2n) is 4.67. The zero-order valence-corrected chi connectivity index (χ0v) is 12.6. The van der Waals surface area contributed by atoms with Gasteiger partial charge in [0.15, 0.2) is 0 Å². The van der Waals surface area contributed by atoms with Crippen LogP contribution in [0.4, 0.5) is 5.82 Å². The SMILES string of the molecule is CCCNc1cc(COc2cc(Cl)ccc2C)ccn1. The third kappa shape index (κ3) is 4.14. The Morgan fingerprint density at radius 2 is 2.10 bits per heavy atom. The van der Waals surface area contributed by atoms with Crippen molar-refractivity contribution in [1.82, 2.24) is 4.98 Å². The molecule has 0 aliphatic carbocycles. The number of pyridine rings is 1. The van der Waals surface area contributed by atoms with Gasteiger partial charge in [-0.15, -0.1) is 0 Å². The first-order chi connectivity index (χ1) is 9.69. The molecule has 0 spiro atoms. The highest BCUT2D eigenvalue weighted by molar-refractivity contribution is 6.30. The molecule has 4 heteroatoms. The number of nitrogens with zero attached hydrogens (tertiary/aromatic N) is 1. The molecule has 106 valence electrons. The first-order valence-electron chi connectivity index (χ1n) is 6.77. The molecular formula is C16H19ClN2O. The van der Waals surface area contributed by atoms with Crippen molar-refractivity contribution in [2.75, 3.05) is 11.9 Å². The van der Waals surface area contributed by atoms with Crippen molar-refractivity contribution in [3.05, 3.63) is 52.7 Å². The molecule has 0 atom stereocenters. The van der Waals surface area contributed by atoms with Crippen LogP contribution in [-0.2, 0) is 6.61 Å². The van der Waals surface area contributed by atoms with E-state index in [4.69, 9.17) is 16.3 Å². The van der Waals surface area contributed by atoms with Gasteiger partial charge in [-0.05, 0) is 48.7 Å². The summed E-state index contributed by atoms with van der Waals surface area (Å²) < 4.78 is 5.82. The number of aryl methyl sites for hydroxylation is 1. The van der Waals surface area contributed by atoms with Crippen molar-refractivity contribution < 1.29 is 4.74 Å². The summed E-state index contributed by atoms with van der Waals surface area (Å²) in [5.41, 5.74) is 2.16. The molecule has 0 bridgehead atoms. The Kier molecular flexibility index (Phi) is 5.24. The van der Waals surface area contributed by atoms with Crippen LogP contribution in [0.2, 0.25) is 5.02 Å². The van der Waals surface area contributed by atoms with Crippen molar-refractivity contribution in [3.8, 4) is 5.75 Å². The number of benzene rings is 1. The van der Waals surface area contributed by atoms with E-state index >= 15 is 0 Å². The van der Waals surface area contributed by atoms with Crippen LogP contribution in [0.5, 0.6) is 5.75 Å². The molecule has 0 amide bonds. The van der Waals surface area contributed by atoms with Crippen molar-refractivity contribution in [2.24, 2.45) is 0 Å². The van der Waals surface area contributed by atoms with Gasteiger partial charge in [-0.3, -0.25) is 0 Å². The van der Waals surface area contributed by atoms with Gasteiger partial charge in [-0.1, -0.05) is 24.6 Å². The fourth-order valence-corrected chi connectivity index (χ4v) is 1.97. The van der Waals surface area contributed by atoms with E-state index in [1.807, 2.05) is 37.3 Å². The molecule has 0 radical (unpaired) electrons. The van der Waals surface area contributed by atoms with Gasteiger partial charge in [0.1, 0.15) is 18.2 Å². The third-order valence-electron chi connectivity index (χ3n) is 2.92. The molecule has 0 aliphatic rings. The number of halogens is 1. The lowest BCUT2D eigenvalue weighted by Gasteiger charge is -2.10. The zero-order chi connectivity index (χ0) is 14.4. The van der Waals surface area contributed by atoms with Crippen LogP contribution in [0.1, 0.15) is 24.5 Å². The fraction of sp³-hybridized carbons (Fsp3) is 0.312. The minimum absolute atomic E-state index is 0.504. The van der Waals surface area contributed by atoms with Gasteiger partial charge in [0.25, 0.3) is 0 Å². The summed E-state index contributed by atoms with van der Waals surface area (Å²) in [7, 11) is 0. The molecule has 2 aromatic rings. The van der Waals surface area contributed by atoms with Gasteiger partial charge in [-0.25, -0.2) is 4.98 Å². The van der Waals surface area contributed by atoms with E-state index in [9.17, 15) is 0 Å². The highest BCUT2D eigenvalue weighted by Gasteiger charge is 2.02. The molecule has 0 saturated heterocycles. The van der Waals surface area contributed by atoms with E-state index in [-0.39, 0.29) is 0 Å². The van der Waals surface area contributed by atoms with E-state index in [2.05, 4.69) is 17.2 Å². The summed E-state index contributed by atoms with van der Waals surface area (Å²) in [6.07, 6.45) is 2.87. The average molecular weight is 291 g/mol. The minimum atomic E-state index is 0.504. The van der Waals surface area contributed by atoms with Crippen molar-refractivity contribution >= 4 is 17.4 Å². The lowest BCUT2D eigenvalue weighted by Crippen LogP contribution is -2.03. The Hall–Kier alpha value is -1.74. The van der Waals surface area contributed by atoms with Crippen LogP contribution < -0.4 is 10.1 Å². The summed E-state index contributed by atoms with van der Waals surface area (Å²) in [5.74, 6) is 1.70. The Morgan fingerprint density at radius 3 is 2.90 bits per heavy atom. The lowest BCUT2D eigenvalue weighted by molar-refractivity contribution is 0.304. The molecule has 0 saturated carbocycles. The molecule has 1 aromatic heterocycles. The van der Waals surface area contributed by atoms with Gasteiger partial charge < -0.3 is 10.1 Å². The summed E-state index contributed by atoms with van der Waals surface area (Å²) in [6, 6.07) is 9.63. The maximum Gasteiger partial charge on any atom is 0.126 e. The molecule has 0 unspecified atom stereocenters. The first kappa shape index (κ1) is 14.7. The quantitative estimate of drug-likeness (QED) is 0.854. The molecule has 20 heavy (non-hydrogen) atoms. The van der Waals surface area contributed by atoms with Gasteiger partial charge in [0, 0.05) is 17.8 Å². The fourth-order valence-electron chi connectivity index (χ4n) is 1.80. The summed E-state index contributed by atoms with van der Waals surface area (Å²) >= 11 is 5.98. The molecule has 3 nitrogen and oxygen atoms in total. The Morgan fingerprint density at radius 1 is 1.25 bits per heavy atom. The minimum Gasteiger partial charge on any atom is -0.489 e. The maximum absolute atomic E-state index is 5.98. The van der Waals surface area contributed by atoms with Crippen molar-refractivity contribution in [1.29, 1.82) is 0 Å². The number of hydrogen-bond donors (Lipinski definition) is 1. The van der Waals surface area contributed by atoms with Gasteiger partial charge >= 0.3 is 0 Å². The predicted octanol–water partition coefficient (Wildman–Crippen LogP) is 4.44. The zero-order valence-electron chi connectivity index (χ0n) is 11.8. The highest BCUT2D eigenvalue weighted by atomic mass is 35.5. The summed E-state index contributed by atoms with van der Waals surface area (Å²) in [5, 5.41) is 3.95. The van der Waals surface area contributed by atoms with Crippen molar-refractivity contribution in [3.63, 3.8) is 0 Å². The van der Waals surface area contributed by atoms with Gasteiger partial charge in [-0.2, -0.15) is 0 Å². The number of aromatic nitrogens is 1. The summed E-state index contributed by atoms with van der Waals surface area (Å²) in [6.45, 7) is 5.56. The second kappa shape index (κ2) is 7.15. The topological polar surface area (TPSA) is 34.1 Å². The Bertz CT molecular complexity index is 572. The van der Waals surface area contributed by atoms with Crippen molar-refractivity contribution in [2.45, 2.75) is 26.9 Å². The van der Waals surface area contributed by atoms with E-state index in [1.165, 1.54) is 0 Å². The molecule has 1 heterocycles. The van der Waals surface area contributed by atoms with Gasteiger partial charge in [0.05, 0.1) is 0 Å². The lowest BCUT2D eigenvalue weighted by atomic mass is 10.2. The standard InChI is InChI=1S/C16H19ClN2O/c1-3-7-18-16-9-13(6-8-19-16)11-20-15-10-14(17)5-4-12(15)2/h4-6,8-10H,3,7,11H2,1-2H3,(H,18,19). The van der Waals surface area contributed by atoms with Crippen LogP contribution in [0.3, 0.4) is 0 Å². The number of ether oxygens (including phenoxy) is 1. The first-order valence-corrected chi connectivity index (χ1v) is 7.14. The van der Waals surface area contributed by atoms with Crippen LogP contribution in [0, 0.1) is 6.92 Å². The summed E-state index contributed by atoms with van der Waals surface area (Å²) in [4.78, 5) is 4.28. The monoisotopic (exact) mass is 290 g/mol. The second-order valence-corrected chi connectivity index (χ2v) is 5.11. The Labute approximate surface area is 124 Å². The number of rotatable bonds is 6. The molecule has 2 rings (SSSR count). The smallest absolute Gasteiger partial charge is 0.126 e. The van der Waals surface area contributed by atoms with E-state index in [1.54, 1.807) is 6.20 Å². The predicted molar refractivity (Wildman–Crippen MR) is 83.5 cm³/mol.